The lowest BCUT2D eigenvalue weighted by Crippen LogP contribution is -2.46. The first-order valence-corrected chi connectivity index (χ1v) is 7.49. The first-order chi connectivity index (χ1) is 10.0. The molecule has 1 aromatic carbocycles. The molecule has 1 aromatic rings. The number of nitrogens with zero attached hydrogens (tertiary/aromatic N) is 1. The second kappa shape index (κ2) is 6.80. The third-order valence-corrected chi connectivity index (χ3v) is 4.10. The predicted octanol–water partition coefficient (Wildman–Crippen LogP) is 1.88. The zero-order valence-corrected chi connectivity index (χ0v) is 13.1. The van der Waals surface area contributed by atoms with Crippen molar-refractivity contribution in [1.29, 1.82) is 0 Å². The van der Waals surface area contributed by atoms with Crippen molar-refractivity contribution >= 4 is 11.6 Å². The van der Waals surface area contributed by atoms with Crippen LogP contribution in [0, 0.1) is 0 Å². The summed E-state index contributed by atoms with van der Waals surface area (Å²) in [7, 11) is 1.58. The minimum absolute atomic E-state index is 0.116. The topological polar surface area (TPSA) is 67.6 Å². The number of nitrogens with one attached hydrogen (secondary N) is 1. The maximum absolute atomic E-state index is 12.4. The normalized spacial score (nSPS) is 17.0. The van der Waals surface area contributed by atoms with Gasteiger partial charge < -0.3 is 20.7 Å². The first kappa shape index (κ1) is 15.6. The fourth-order valence-electron chi connectivity index (χ4n) is 2.68. The van der Waals surface area contributed by atoms with Crippen LogP contribution in [0.5, 0.6) is 5.75 Å². The minimum atomic E-state index is -0.116. The summed E-state index contributed by atoms with van der Waals surface area (Å²) in [6.07, 6.45) is 1.96. The molecule has 21 heavy (non-hydrogen) atoms. The van der Waals surface area contributed by atoms with E-state index in [1.807, 2.05) is 0 Å². The Morgan fingerprint density at radius 2 is 2.05 bits per heavy atom. The fourth-order valence-corrected chi connectivity index (χ4v) is 2.68. The molecule has 1 fully saturated rings. The molecule has 0 aromatic heterocycles. The highest BCUT2D eigenvalue weighted by Gasteiger charge is 2.23. The van der Waals surface area contributed by atoms with E-state index >= 15 is 0 Å². The lowest BCUT2D eigenvalue weighted by atomic mass is 10.0. The van der Waals surface area contributed by atoms with Gasteiger partial charge >= 0.3 is 0 Å². The van der Waals surface area contributed by atoms with Gasteiger partial charge in [-0.15, -0.1) is 0 Å². The highest BCUT2D eigenvalue weighted by atomic mass is 16.5. The lowest BCUT2D eigenvalue weighted by molar-refractivity contribution is 0.0901. The zero-order valence-electron chi connectivity index (χ0n) is 13.1. The number of likely N-dealkylation sites (tertiary alicyclic amines) is 1. The largest absolute Gasteiger partial charge is 0.497 e. The Hall–Kier alpha value is -1.75. The molecule has 0 saturated carbocycles. The summed E-state index contributed by atoms with van der Waals surface area (Å²) in [5.74, 6) is 0.526. The van der Waals surface area contributed by atoms with Gasteiger partial charge in [-0.1, -0.05) is 0 Å². The van der Waals surface area contributed by atoms with Gasteiger partial charge in [0.05, 0.1) is 12.7 Å². The van der Waals surface area contributed by atoms with Gasteiger partial charge in [-0.3, -0.25) is 4.79 Å². The van der Waals surface area contributed by atoms with Crippen molar-refractivity contribution in [3.63, 3.8) is 0 Å². The van der Waals surface area contributed by atoms with Gasteiger partial charge in [-0.05, 0) is 44.9 Å². The molecule has 0 unspecified atom stereocenters. The first-order valence-electron chi connectivity index (χ1n) is 7.49. The van der Waals surface area contributed by atoms with E-state index in [0.29, 0.717) is 23.0 Å². The van der Waals surface area contributed by atoms with Gasteiger partial charge in [0.1, 0.15) is 5.75 Å². The molecule has 116 valence electrons. The van der Waals surface area contributed by atoms with Crippen molar-refractivity contribution < 1.29 is 9.53 Å². The summed E-state index contributed by atoms with van der Waals surface area (Å²) in [6.45, 7) is 6.46. The van der Waals surface area contributed by atoms with E-state index in [4.69, 9.17) is 10.5 Å². The van der Waals surface area contributed by atoms with Gasteiger partial charge in [-0.25, -0.2) is 0 Å². The number of ether oxygens (including phenoxy) is 1. The summed E-state index contributed by atoms with van der Waals surface area (Å²) in [4.78, 5) is 14.8. The van der Waals surface area contributed by atoms with Gasteiger partial charge in [0.25, 0.3) is 5.91 Å². The monoisotopic (exact) mass is 291 g/mol. The van der Waals surface area contributed by atoms with Crippen LogP contribution in [0.25, 0.3) is 0 Å². The second-order valence-corrected chi connectivity index (χ2v) is 5.83. The van der Waals surface area contributed by atoms with Crippen LogP contribution in [0.1, 0.15) is 37.0 Å². The van der Waals surface area contributed by atoms with Crippen LogP contribution in [0.2, 0.25) is 0 Å². The molecule has 1 aliphatic heterocycles. The predicted molar refractivity (Wildman–Crippen MR) is 84.6 cm³/mol. The van der Waals surface area contributed by atoms with E-state index < -0.39 is 0 Å². The Kier molecular flexibility index (Phi) is 5.07. The molecule has 0 spiro atoms. The van der Waals surface area contributed by atoms with Crippen LogP contribution in [-0.4, -0.2) is 43.1 Å². The molecule has 1 amide bonds. The smallest absolute Gasteiger partial charge is 0.253 e. The Morgan fingerprint density at radius 3 is 2.62 bits per heavy atom. The Balaban J connectivity index is 1.96. The average Bonchev–Trinajstić information content (AvgIpc) is 2.48. The highest BCUT2D eigenvalue weighted by molar-refractivity contribution is 5.99. The molecule has 0 bridgehead atoms. The number of piperidine rings is 1. The van der Waals surface area contributed by atoms with Crippen LogP contribution in [-0.2, 0) is 0 Å². The maximum atomic E-state index is 12.4. The molecule has 1 heterocycles. The third-order valence-electron chi connectivity index (χ3n) is 4.10. The Labute approximate surface area is 126 Å². The van der Waals surface area contributed by atoms with Gasteiger partial charge in [0, 0.05) is 30.9 Å². The average molecular weight is 291 g/mol. The maximum Gasteiger partial charge on any atom is 0.253 e. The molecule has 0 aliphatic carbocycles. The van der Waals surface area contributed by atoms with Crippen molar-refractivity contribution in [3.05, 3.63) is 23.8 Å². The van der Waals surface area contributed by atoms with Crippen LogP contribution >= 0.6 is 0 Å². The number of nitrogens with two attached hydrogens (primary N) is 1. The Morgan fingerprint density at radius 1 is 1.38 bits per heavy atom. The van der Waals surface area contributed by atoms with E-state index in [-0.39, 0.29) is 11.9 Å². The van der Waals surface area contributed by atoms with Crippen LogP contribution < -0.4 is 15.8 Å². The number of anilines is 1. The molecular weight excluding hydrogens is 266 g/mol. The number of hydrogen-bond acceptors (Lipinski definition) is 4. The number of carbonyl (C=O) groups is 1. The summed E-state index contributed by atoms with van der Waals surface area (Å²) in [6, 6.07) is 5.93. The lowest BCUT2D eigenvalue weighted by Gasteiger charge is -2.34. The Bertz CT molecular complexity index is 494. The second-order valence-electron chi connectivity index (χ2n) is 5.83. The van der Waals surface area contributed by atoms with Gasteiger partial charge in [0.2, 0.25) is 0 Å². The molecule has 5 heteroatoms. The number of rotatable bonds is 4. The van der Waals surface area contributed by atoms with Crippen LogP contribution in [0.4, 0.5) is 5.69 Å². The number of benzene rings is 1. The van der Waals surface area contributed by atoms with Crippen LogP contribution in [0.3, 0.4) is 0 Å². The fraction of sp³-hybridized carbons (Fsp3) is 0.562. The zero-order chi connectivity index (χ0) is 15.4. The summed E-state index contributed by atoms with van der Waals surface area (Å²) in [5.41, 5.74) is 6.85. The summed E-state index contributed by atoms with van der Waals surface area (Å²) < 4.78 is 5.15. The highest BCUT2D eigenvalue weighted by Crippen LogP contribution is 2.20. The van der Waals surface area contributed by atoms with E-state index in [9.17, 15) is 4.79 Å². The molecule has 0 atom stereocenters. The van der Waals surface area contributed by atoms with E-state index in [2.05, 4.69) is 24.1 Å². The summed E-state index contributed by atoms with van der Waals surface area (Å²) in [5, 5.41) is 3.09. The molecule has 5 nitrogen and oxygen atoms in total. The quantitative estimate of drug-likeness (QED) is 0.831. The van der Waals surface area contributed by atoms with Crippen molar-refractivity contribution in [1.82, 2.24) is 10.2 Å². The van der Waals surface area contributed by atoms with E-state index in [1.54, 1.807) is 25.3 Å². The molecule has 1 saturated heterocycles. The van der Waals surface area contributed by atoms with Crippen LogP contribution in [0.15, 0.2) is 18.2 Å². The number of hydrogen-bond donors (Lipinski definition) is 2. The third kappa shape index (κ3) is 3.88. The minimum Gasteiger partial charge on any atom is -0.497 e. The van der Waals surface area contributed by atoms with Crippen molar-refractivity contribution in [2.45, 2.75) is 38.8 Å². The van der Waals surface area contributed by atoms with Crippen molar-refractivity contribution in [2.75, 3.05) is 25.9 Å². The molecule has 3 N–H and O–H groups in total. The summed E-state index contributed by atoms with van der Waals surface area (Å²) >= 11 is 0. The van der Waals surface area contributed by atoms with Gasteiger partial charge in [-0.2, -0.15) is 0 Å². The molecule has 0 radical (unpaired) electrons. The van der Waals surface area contributed by atoms with E-state index in [0.717, 1.165) is 25.9 Å². The molecular formula is C16H25N3O2. The standard InChI is InChI=1S/C16H25N3O2/c1-11(2)19-8-6-12(7-9-19)18-16(20)14-10-13(21-3)4-5-15(14)17/h4-5,10-12H,6-9,17H2,1-3H3,(H,18,20). The SMILES string of the molecule is COc1ccc(N)c(C(=O)NC2CCN(C(C)C)CC2)c1. The molecule has 1 aliphatic rings. The number of nitrogen functional groups attached to an aromatic ring is 1. The van der Waals surface area contributed by atoms with Crippen molar-refractivity contribution in [2.24, 2.45) is 0 Å². The van der Waals surface area contributed by atoms with E-state index in [1.165, 1.54) is 0 Å². The van der Waals surface area contributed by atoms with Gasteiger partial charge in [0.15, 0.2) is 0 Å². The molecule has 2 rings (SSSR count). The van der Waals surface area contributed by atoms with Crippen molar-refractivity contribution in [3.8, 4) is 5.75 Å². The number of carbonyl (C=O) groups excluding carboxylic acids is 1. The number of amides is 1. The number of methoxy groups -OCH3 is 1.